The van der Waals surface area contributed by atoms with Gasteiger partial charge in [-0.25, -0.2) is 4.39 Å². The monoisotopic (exact) mass is 340 g/mol. The first-order chi connectivity index (χ1) is 12.2. The third kappa shape index (κ3) is 3.86. The van der Waals surface area contributed by atoms with E-state index in [-0.39, 0.29) is 5.82 Å². The minimum Gasteiger partial charge on any atom is -0.497 e. The zero-order valence-corrected chi connectivity index (χ0v) is 14.7. The number of nitrogens with zero attached hydrogens (tertiary/aromatic N) is 2. The van der Waals surface area contributed by atoms with Gasteiger partial charge in [0.15, 0.2) is 0 Å². The van der Waals surface area contributed by atoms with Gasteiger partial charge in [0.2, 0.25) is 0 Å². The highest BCUT2D eigenvalue weighted by Crippen LogP contribution is 2.32. The van der Waals surface area contributed by atoms with Crippen molar-refractivity contribution in [2.45, 2.75) is 13.1 Å². The molecule has 0 aliphatic carbocycles. The van der Waals surface area contributed by atoms with Crippen LogP contribution in [-0.2, 0) is 13.1 Å². The maximum atomic E-state index is 13.3. The lowest BCUT2D eigenvalue weighted by Crippen LogP contribution is -2.28. The molecule has 0 amide bonds. The SMILES string of the molecule is COc1ccc(CN2C[C@@H]3CN(Cc4cccc(F)c4)C[C@H]3C2)cc1. The number of likely N-dealkylation sites (tertiary alicyclic amines) is 2. The average molecular weight is 340 g/mol. The molecule has 3 nitrogen and oxygen atoms in total. The van der Waals surface area contributed by atoms with E-state index in [0.29, 0.717) is 0 Å². The zero-order valence-electron chi connectivity index (χ0n) is 14.7. The van der Waals surface area contributed by atoms with Crippen LogP contribution in [-0.4, -0.2) is 43.1 Å². The van der Waals surface area contributed by atoms with Crippen molar-refractivity contribution in [3.05, 3.63) is 65.5 Å². The molecule has 132 valence electrons. The predicted octanol–water partition coefficient (Wildman–Crippen LogP) is 3.40. The van der Waals surface area contributed by atoms with E-state index in [1.54, 1.807) is 19.2 Å². The van der Waals surface area contributed by atoms with E-state index >= 15 is 0 Å². The number of hydrogen-bond donors (Lipinski definition) is 0. The summed E-state index contributed by atoms with van der Waals surface area (Å²) in [6, 6.07) is 15.4. The van der Waals surface area contributed by atoms with Crippen LogP contribution in [0.15, 0.2) is 48.5 Å². The highest BCUT2D eigenvalue weighted by Gasteiger charge is 2.39. The van der Waals surface area contributed by atoms with Crippen LogP contribution in [0, 0.1) is 17.7 Å². The molecule has 2 saturated heterocycles. The van der Waals surface area contributed by atoms with Gasteiger partial charge in [-0.15, -0.1) is 0 Å². The lowest BCUT2D eigenvalue weighted by molar-refractivity contribution is 0.246. The average Bonchev–Trinajstić information content (AvgIpc) is 3.13. The van der Waals surface area contributed by atoms with Gasteiger partial charge in [-0.2, -0.15) is 0 Å². The summed E-state index contributed by atoms with van der Waals surface area (Å²) >= 11 is 0. The highest BCUT2D eigenvalue weighted by molar-refractivity contribution is 5.27. The molecule has 2 aromatic carbocycles. The molecule has 0 radical (unpaired) electrons. The lowest BCUT2D eigenvalue weighted by atomic mass is 10.0. The molecule has 2 aromatic rings. The lowest BCUT2D eigenvalue weighted by Gasteiger charge is -2.21. The number of fused-ring (bicyclic) bond motifs is 1. The van der Waals surface area contributed by atoms with E-state index in [0.717, 1.165) is 62.4 Å². The van der Waals surface area contributed by atoms with Crippen molar-refractivity contribution in [2.75, 3.05) is 33.3 Å². The van der Waals surface area contributed by atoms with E-state index < -0.39 is 0 Å². The molecular weight excluding hydrogens is 315 g/mol. The third-order valence-electron chi connectivity index (χ3n) is 5.50. The van der Waals surface area contributed by atoms with Crippen LogP contribution in [0.4, 0.5) is 4.39 Å². The van der Waals surface area contributed by atoms with Crippen LogP contribution in [0.1, 0.15) is 11.1 Å². The molecule has 2 heterocycles. The Hall–Kier alpha value is -1.91. The first-order valence-electron chi connectivity index (χ1n) is 9.01. The van der Waals surface area contributed by atoms with Crippen LogP contribution in [0.2, 0.25) is 0 Å². The van der Waals surface area contributed by atoms with E-state index in [2.05, 4.69) is 21.9 Å². The summed E-state index contributed by atoms with van der Waals surface area (Å²) in [5, 5.41) is 0. The fourth-order valence-corrected chi connectivity index (χ4v) is 4.33. The quantitative estimate of drug-likeness (QED) is 0.830. The van der Waals surface area contributed by atoms with Gasteiger partial charge in [0.1, 0.15) is 11.6 Å². The number of ether oxygens (including phenoxy) is 1. The van der Waals surface area contributed by atoms with E-state index in [4.69, 9.17) is 4.74 Å². The molecule has 4 heteroatoms. The number of rotatable bonds is 5. The van der Waals surface area contributed by atoms with Crippen molar-refractivity contribution in [3.63, 3.8) is 0 Å². The highest BCUT2D eigenvalue weighted by atomic mass is 19.1. The second-order valence-electron chi connectivity index (χ2n) is 7.39. The van der Waals surface area contributed by atoms with Gasteiger partial charge in [-0.3, -0.25) is 9.80 Å². The van der Waals surface area contributed by atoms with Crippen molar-refractivity contribution in [3.8, 4) is 5.75 Å². The molecule has 0 unspecified atom stereocenters. The van der Waals surface area contributed by atoms with E-state index in [9.17, 15) is 4.39 Å². The summed E-state index contributed by atoms with van der Waals surface area (Å²) in [6.07, 6.45) is 0. The Morgan fingerprint density at radius 1 is 0.880 bits per heavy atom. The second-order valence-corrected chi connectivity index (χ2v) is 7.39. The topological polar surface area (TPSA) is 15.7 Å². The molecule has 2 aliphatic rings. The van der Waals surface area contributed by atoms with Gasteiger partial charge in [-0.1, -0.05) is 24.3 Å². The van der Waals surface area contributed by atoms with Crippen molar-refractivity contribution < 1.29 is 9.13 Å². The molecule has 25 heavy (non-hydrogen) atoms. The molecule has 2 atom stereocenters. The van der Waals surface area contributed by atoms with Crippen molar-refractivity contribution in [1.82, 2.24) is 9.80 Å². The summed E-state index contributed by atoms with van der Waals surface area (Å²) in [6.45, 7) is 6.46. The number of methoxy groups -OCH3 is 1. The van der Waals surface area contributed by atoms with Crippen molar-refractivity contribution >= 4 is 0 Å². The van der Waals surface area contributed by atoms with Crippen LogP contribution in [0.5, 0.6) is 5.75 Å². The minimum absolute atomic E-state index is 0.137. The Morgan fingerprint density at radius 2 is 1.48 bits per heavy atom. The number of hydrogen-bond acceptors (Lipinski definition) is 3. The molecule has 0 aromatic heterocycles. The fourth-order valence-electron chi connectivity index (χ4n) is 4.33. The Bertz CT molecular complexity index is 704. The normalized spacial score (nSPS) is 23.8. The summed E-state index contributed by atoms with van der Waals surface area (Å²) in [7, 11) is 1.70. The molecule has 0 N–H and O–H groups in total. The van der Waals surface area contributed by atoms with Gasteiger partial charge >= 0.3 is 0 Å². The van der Waals surface area contributed by atoms with Gasteiger partial charge < -0.3 is 4.74 Å². The van der Waals surface area contributed by atoms with Gasteiger partial charge in [-0.05, 0) is 47.2 Å². The molecule has 2 aliphatic heterocycles. The first-order valence-corrected chi connectivity index (χ1v) is 9.01. The Kier molecular flexibility index (Phi) is 4.73. The minimum atomic E-state index is -0.137. The summed E-state index contributed by atoms with van der Waals surface area (Å²) in [4.78, 5) is 5.05. The maximum absolute atomic E-state index is 13.3. The maximum Gasteiger partial charge on any atom is 0.123 e. The number of halogens is 1. The Labute approximate surface area is 149 Å². The van der Waals surface area contributed by atoms with Gasteiger partial charge in [0.05, 0.1) is 7.11 Å². The Morgan fingerprint density at radius 3 is 2.04 bits per heavy atom. The van der Waals surface area contributed by atoms with Crippen LogP contribution in [0.3, 0.4) is 0 Å². The van der Waals surface area contributed by atoms with Crippen LogP contribution >= 0.6 is 0 Å². The smallest absolute Gasteiger partial charge is 0.123 e. The van der Waals surface area contributed by atoms with E-state index in [1.165, 1.54) is 11.6 Å². The van der Waals surface area contributed by atoms with E-state index in [1.807, 2.05) is 18.2 Å². The molecular formula is C21H25FN2O. The Balaban J connectivity index is 1.29. The van der Waals surface area contributed by atoms with Gasteiger partial charge in [0.25, 0.3) is 0 Å². The van der Waals surface area contributed by atoms with Gasteiger partial charge in [0, 0.05) is 39.3 Å². The van der Waals surface area contributed by atoms with Crippen LogP contribution in [0.25, 0.3) is 0 Å². The molecule has 0 saturated carbocycles. The second kappa shape index (κ2) is 7.14. The fraction of sp³-hybridized carbons (Fsp3) is 0.429. The third-order valence-corrected chi connectivity index (χ3v) is 5.50. The summed E-state index contributed by atoms with van der Waals surface area (Å²) in [5.74, 6) is 2.26. The van der Waals surface area contributed by atoms with Crippen molar-refractivity contribution in [2.24, 2.45) is 11.8 Å². The largest absolute Gasteiger partial charge is 0.497 e. The molecule has 0 spiro atoms. The molecule has 0 bridgehead atoms. The molecule has 2 fully saturated rings. The predicted molar refractivity (Wildman–Crippen MR) is 96.9 cm³/mol. The number of benzene rings is 2. The zero-order chi connectivity index (χ0) is 17.2. The van der Waals surface area contributed by atoms with Crippen molar-refractivity contribution in [1.29, 1.82) is 0 Å². The van der Waals surface area contributed by atoms with Crippen LogP contribution < -0.4 is 4.74 Å². The summed E-state index contributed by atoms with van der Waals surface area (Å²) in [5.41, 5.74) is 2.42. The first kappa shape index (κ1) is 16.6. The summed E-state index contributed by atoms with van der Waals surface area (Å²) < 4.78 is 18.6. The standard InChI is InChI=1S/C21H25FN2O/c1-25-21-7-5-16(6-8-21)10-23-12-18-14-24(15-19(18)13-23)11-17-3-2-4-20(22)9-17/h2-9,18-19H,10-15H2,1H3/t18-,19-/m1/s1. The molecule has 4 rings (SSSR count).